The van der Waals surface area contributed by atoms with E-state index in [0.29, 0.717) is 19.0 Å². The fraction of sp³-hybridized carbons (Fsp3) is 0.364. The summed E-state index contributed by atoms with van der Waals surface area (Å²) in [4.78, 5) is 0.251. The van der Waals surface area contributed by atoms with Gasteiger partial charge in [-0.25, -0.2) is 16.8 Å². The largest absolute Gasteiger partial charge is 0.350 e. The van der Waals surface area contributed by atoms with Crippen LogP contribution < -0.4 is 0 Å². The molecule has 1 saturated heterocycles. The van der Waals surface area contributed by atoms with Crippen LogP contribution in [0.25, 0.3) is 10.9 Å². The number of fused-ring (bicyclic) bond motifs is 1. The van der Waals surface area contributed by atoms with Crippen LogP contribution in [0.15, 0.2) is 58.5 Å². The quantitative estimate of drug-likeness (QED) is 0.615. The highest BCUT2D eigenvalue weighted by Crippen LogP contribution is 2.36. The predicted molar refractivity (Wildman–Crippen MR) is 118 cm³/mol. The summed E-state index contributed by atoms with van der Waals surface area (Å²) in [5, 5.41) is 1.25. The van der Waals surface area contributed by atoms with Gasteiger partial charge in [-0.2, -0.15) is 4.31 Å². The summed E-state index contributed by atoms with van der Waals surface area (Å²) in [6, 6.07) is 11.9. The molecule has 4 rings (SSSR count). The fourth-order valence-corrected chi connectivity index (χ4v) is 6.38. The highest BCUT2D eigenvalue weighted by atomic mass is 32.2. The monoisotopic (exact) mass is 446 g/mol. The molecule has 2 aromatic carbocycles. The molecule has 8 heteroatoms. The lowest BCUT2D eigenvalue weighted by Gasteiger charge is -2.31. The SMILES string of the molecule is Cc1ccc2c(c1)c(C1CCN(S(=O)(=O)c3ccc(S(C)(=O)=O)cc3)CC1)cn2C. The van der Waals surface area contributed by atoms with Gasteiger partial charge in [0.05, 0.1) is 9.79 Å². The molecule has 0 saturated carbocycles. The van der Waals surface area contributed by atoms with Crippen molar-refractivity contribution in [3.63, 3.8) is 0 Å². The highest BCUT2D eigenvalue weighted by Gasteiger charge is 2.31. The third kappa shape index (κ3) is 3.79. The van der Waals surface area contributed by atoms with E-state index in [1.165, 1.54) is 50.6 Å². The van der Waals surface area contributed by atoms with Gasteiger partial charge in [0, 0.05) is 43.5 Å². The Labute approximate surface area is 178 Å². The average Bonchev–Trinajstić information content (AvgIpc) is 3.03. The molecule has 0 unspecified atom stereocenters. The van der Waals surface area contributed by atoms with Crippen LogP contribution in [0.3, 0.4) is 0 Å². The number of hydrogen-bond donors (Lipinski definition) is 0. The van der Waals surface area contributed by atoms with Crippen LogP contribution in [0, 0.1) is 6.92 Å². The molecule has 0 spiro atoms. The second kappa shape index (κ2) is 7.51. The van der Waals surface area contributed by atoms with E-state index in [2.05, 4.69) is 35.9 Å². The minimum absolute atomic E-state index is 0.117. The van der Waals surface area contributed by atoms with Gasteiger partial charge in [0.15, 0.2) is 9.84 Å². The molecule has 1 aliphatic heterocycles. The van der Waals surface area contributed by atoms with E-state index in [1.54, 1.807) is 0 Å². The standard InChI is InChI=1S/C22H26N2O4S2/c1-16-4-9-22-20(14-16)21(15-23(22)2)17-10-12-24(13-11-17)30(27,28)19-7-5-18(6-8-19)29(3,25)26/h4-9,14-15,17H,10-13H2,1-3H3. The Bertz CT molecular complexity index is 1300. The van der Waals surface area contributed by atoms with Crippen molar-refractivity contribution < 1.29 is 16.8 Å². The van der Waals surface area contributed by atoms with Gasteiger partial charge in [0.25, 0.3) is 0 Å². The molecule has 0 bridgehead atoms. The molecule has 2 heterocycles. The number of sulfone groups is 1. The second-order valence-electron chi connectivity index (χ2n) is 8.14. The van der Waals surface area contributed by atoms with Crippen LogP contribution in [0.2, 0.25) is 0 Å². The summed E-state index contributed by atoms with van der Waals surface area (Å²) >= 11 is 0. The summed E-state index contributed by atoms with van der Waals surface area (Å²) in [6.07, 6.45) is 4.79. The maximum absolute atomic E-state index is 13.0. The molecule has 1 aliphatic rings. The Hall–Kier alpha value is -2.16. The molecule has 0 aliphatic carbocycles. The number of sulfonamides is 1. The van der Waals surface area contributed by atoms with Gasteiger partial charge in [0.1, 0.15) is 0 Å². The van der Waals surface area contributed by atoms with Crippen molar-refractivity contribution in [1.82, 2.24) is 8.87 Å². The normalized spacial score (nSPS) is 16.9. The third-order valence-electron chi connectivity index (χ3n) is 5.96. The number of nitrogens with zero attached hydrogens (tertiary/aromatic N) is 2. The van der Waals surface area contributed by atoms with Crippen molar-refractivity contribution in [2.24, 2.45) is 7.05 Å². The lowest BCUT2D eigenvalue weighted by atomic mass is 9.90. The Balaban J connectivity index is 1.54. The smallest absolute Gasteiger partial charge is 0.243 e. The zero-order chi connectivity index (χ0) is 21.7. The first-order chi connectivity index (χ1) is 14.1. The molecule has 6 nitrogen and oxygen atoms in total. The zero-order valence-corrected chi connectivity index (χ0v) is 19.0. The van der Waals surface area contributed by atoms with Gasteiger partial charge in [-0.15, -0.1) is 0 Å². The van der Waals surface area contributed by atoms with Crippen molar-refractivity contribution in [2.45, 2.75) is 35.5 Å². The number of rotatable bonds is 4. The number of benzene rings is 2. The first-order valence-electron chi connectivity index (χ1n) is 9.93. The van der Waals surface area contributed by atoms with Gasteiger partial charge in [-0.1, -0.05) is 11.6 Å². The van der Waals surface area contributed by atoms with E-state index < -0.39 is 19.9 Å². The van der Waals surface area contributed by atoms with Gasteiger partial charge in [-0.05, 0) is 67.6 Å². The van der Waals surface area contributed by atoms with Crippen molar-refractivity contribution in [3.05, 3.63) is 59.8 Å². The lowest BCUT2D eigenvalue weighted by Crippen LogP contribution is -2.37. The van der Waals surface area contributed by atoms with Crippen LogP contribution in [0.5, 0.6) is 0 Å². The van der Waals surface area contributed by atoms with Crippen molar-refractivity contribution in [2.75, 3.05) is 19.3 Å². The van der Waals surface area contributed by atoms with Crippen LogP contribution in [-0.4, -0.2) is 45.1 Å². The number of aromatic nitrogens is 1. The number of hydrogen-bond acceptors (Lipinski definition) is 4. The van der Waals surface area contributed by atoms with Crippen LogP contribution >= 0.6 is 0 Å². The van der Waals surface area contributed by atoms with Crippen molar-refractivity contribution in [1.29, 1.82) is 0 Å². The van der Waals surface area contributed by atoms with Gasteiger partial charge in [0.2, 0.25) is 10.0 Å². The summed E-state index contributed by atoms with van der Waals surface area (Å²) in [7, 11) is -4.96. The van der Waals surface area contributed by atoms with E-state index in [9.17, 15) is 16.8 Å². The summed E-state index contributed by atoms with van der Waals surface area (Å²) in [5.74, 6) is 0.314. The predicted octanol–water partition coefficient (Wildman–Crippen LogP) is 3.46. The van der Waals surface area contributed by atoms with E-state index in [1.807, 2.05) is 7.05 Å². The van der Waals surface area contributed by atoms with E-state index >= 15 is 0 Å². The molecule has 3 aromatic rings. The van der Waals surface area contributed by atoms with E-state index in [-0.39, 0.29) is 9.79 Å². The van der Waals surface area contributed by atoms with Gasteiger partial charge in [-0.3, -0.25) is 0 Å². The molecular weight excluding hydrogens is 420 g/mol. The Kier molecular flexibility index (Phi) is 5.28. The first-order valence-corrected chi connectivity index (χ1v) is 13.3. The molecule has 0 atom stereocenters. The van der Waals surface area contributed by atoms with Gasteiger partial charge < -0.3 is 4.57 Å². The summed E-state index contributed by atoms with van der Waals surface area (Å²) < 4.78 is 52.9. The van der Waals surface area contributed by atoms with Crippen LogP contribution in [0.1, 0.15) is 29.9 Å². The molecular formula is C22H26N2O4S2. The maximum atomic E-state index is 13.0. The molecule has 0 N–H and O–H groups in total. The lowest BCUT2D eigenvalue weighted by molar-refractivity contribution is 0.320. The van der Waals surface area contributed by atoms with Crippen LogP contribution in [0.4, 0.5) is 0 Å². The minimum atomic E-state index is -3.64. The Morgan fingerprint density at radius 3 is 2.10 bits per heavy atom. The van der Waals surface area contributed by atoms with E-state index in [0.717, 1.165) is 19.1 Å². The molecule has 30 heavy (non-hydrogen) atoms. The molecule has 1 aromatic heterocycles. The Morgan fingerprint density at radius 2 is 1.50 bits per heavy atom. The summed E-state index contributed by atoms with van der Waals surface area (Å²) in [5.41, 5.74) is 3.69. The third-order valence-corrected chi connectivity index (χ3v) is 9.00. The van der Waals surface area contributed by atoms with Crippen LogP contribution in [-0.2, 0) is 26.9 Å². The second-order valence-corrected chi connectivity index (χ2v) is 12.1. The van der Waals surface area contributed by atoms with Gasteiger partial charge >= 0.3 is 0 Å². The Morgan fingerprint density at radius 1 is 0.900 bits per heavy atom. The van der Waals surface area contributed by atoms with Crippen molar-refractivity contribution in [3.8, 4) is 0 Å². The minimum Gasteiger partial charge on any atom is -0.350 e. The number of piperidine rings is 1. The fourth-order valence-electron chi connectivity index (χ4n) is 4.28. The summed E-state index contributed by atoms with van der Waals surface area (Å²) in [6.45, 7) is 2.98. The molecule has 0 radical (unpaired) electrons. The average molecular weight is 447 g/mol. The molecule has 1 fully saturated rings. The number of aryl methyl sites for hydroxylation is 2. The van der Waals surface area contributed by atoms with Crippen molar-refractivity contribution >= 4 is 30.8 Å². The maximum Gasteiger partial charge on any atom is 0.243 e. The topological polar surface area (TPSA) is 76.5 Å². The molecule has 160 valence electrons. The first kappa shape index (κ1) is 21.1. The zero-order valence-electron chi connectivity index (χ0n) is 17.4. The van der Waals surface area contributed by atoms with E-state index in [4.69, 9.17) is 0 Å². The highest BCUT2D eigenvalue weighted by molar-refractivity contribution is 7.90. The molecule has 0 amide bonds.